The minimum atomic E-state index is -0.396. The Hall–Kier alpha value is -3.62. The molecule has 0 unspecified atom stereocenters. The maximum atomic E-state index is 14.8. The van der Waals surface area contributed by atoms with Crippen molar-refractivity contribution in [2.45, 2.75) is 19.4 Å². The molecule has 1 saturated heterocycles. The van der Waals surface area contributed by atoms with Crippen LogP contribution in [0, 0.1) is 11.7 Å². The van der Waals surface area contributed by atoms with Crippen molar-refractivity contribution in [1.29, 1.82) is 0 Å². The van der Waals surface area contributed by atoms with Crippen molar-refractivity contribution in [3.63, 3.8) is 0 Å². The molecular formula is C27H23FN4O2S. The summed E-state index contributed by atoms with van der Waals surface area (Å²) in [5.41, 5.74) is 3.37. The standard InChI is InChI=1S/C27H23FN4O2S/c28-22-6-2-1-5-20(22)26-31-23-9-7-18(34-19-8-10-24-25(13-19)35-16-30-24)12-21(23)27(33)32(26)15-17-4-3-11-29-14-17/h1-2,5-10,12-13,16-17,29H,3-4,11,14-15H2/t17-/m0/s1. The van der Waals surface area contributed by atoms with Crippen molar-refractivity contribution in [3.8, 4) is 22.9 Å². The van der Waals surface area contributed by atoms with Crippen LogP contribution in [0.3, 0.4) is 0 Å². The summed E-state index contributed by atoms with van der Waals surface area (Å²) in [6.45, 7) is 2.28. The summed E-state index contributed by atoms with van der Waals surface area (Å²) < 4.78 is 23.5. The Kier molecular flexibility index (Phi) is 5.75. The van der Waals surface area contributed by atoms with Gasteiger partial charge in [-0.3, -0.25) is 9.36 Å². The molecule has 5 aromatic rings. The number of hydrogen-bond donors (Lipinski definition) is 1. The molecule has 6 rings (SSSR count). The number of fused-ring (bicyclic) bond motifs is 2. The van der Waals surface area contributed by atoms with E-state index in [1.165, 1.54) is 6.07 Å². The molecule has 3 aromatic carbocycles. The minimum absolute atomic E-state index is 0.192. The first-order chi connectivity index (χ1) is 17.2. The normalized spacial score (nSPS) is 16.1. The van der Waals surface area contributed by atoms with E-state index in [-0.39, 0.29) is 11.5 Å². The van der Waals surface area contributed by atoms with Crippen LogP contribution in [0.2, 0.25) is 0 Å². The highest BCUT2D eigenvalue weighted by Crippen LogP contribution is 2.30. The van der Waals surface area contributed by atoms with Crippen LogP contribution in [0.4, 0.5) is 4.39 Å². The van der Waals surface area contributed by atoms with Crippen LogP contribution in [0.15, 0.2) is 71.0 Å². The number of benzene rings is 3. The molecule has 1 aliphatic heterocycles. The number of hydrogen-bond acceptors (Lipinski definition) is 6. The van der Waals surface area contributed by atoms with Gasteiger partial charge in [0.2, 0.25) is 0 Å². The molecule has 8 heteroatoms. The Bertz CT molecular complexity index is 1590. The van der Waals surface area contributed by atoms with Gasteiger partial charge in [0.15, 0.2) is 0 Å². The summed E-state index contributed by atoms with van der Waals surface area (Å²) in [4.78, 5) is 22.8. The number of piperidine rings is 1. The lowest BCUT2D eigenvalue weighted by atomic mass is 9.99. The van der Waals surface area contributed by atoms with Crippen LogP contribution in [-0.2, 0) is 6.54 Å². The van der Waals surface area contributed by atoms with Gasteiger partial charge in [-0.2, -0.15) is 0 Å². The second kappa shape index (κ2) is 9.20. The van der Waals surface area contributed by atoms with Gasteiger partial charge < -0.3 is 10.1 Å². The third kappa shape index (κ3) is 4.31. The summed E-state index contributed by atoms with van der Waals surface area (Å²) in [5.74, 6) is 1.45. The maximum absolute atomic E-state index is 14.8. The molecule has 0 radical (unpaired) electrons. The second-order valence-corrected chi connectivity index (χ2v) is 9.69. The lowest BCUT2D eigenvalue weighted by Crippen LogP contribution is -2.35. The van der Waals surface area contributed by atoms with Crippen molar-refractivity contribution >= 4 is 32.5 Å². The van der Waals surface area contributed by atoms with Crippen LogP contribution in [-0.4, -0.2) is 27.6 Å². The molecule has 0 bridgehead atoms. The quantitative estimate of drug-likeness (QED) is 0.350. The highest BCUT2D eigenvalue weighted by atomic mass is 32.1. The summed E-state index contributed by atoms with van der Waals surface area (Å²) in [6, 6.07) is 17.4. The summed E-state index contributed by atoms with van der Waals surface area (Å²) >= 11 is 1.55. The Balaban J connectivity index is 1.44. The summed E-state index contributed by atoms with van der Waals surface area (Å²) in [7, 11) is 0. The van der Waals surface area contributed by atoms with E-state index in [1.54, 1.807) is 57.8 Å². The Morgan fingerprint density at radius 1 is 1.09 bits per heavy atom. The maximum Gasteiger partial charge on any atom is 0.261 e. The highest BCUT2D eigenvalue weighted by molar-refractivity contribution is 7.16. The van der Waals surface area contributed by atoms with E-state index >= 15 is 0 Å². The molecule has 2 aromatic heterocycles. The predicted molar refractivity (Wildman–Crippen MR) is 137 cm³/mol. The van der Waals surface area contributed by atoms with E-state index in [2.05, 4.69) is 10.3 Å². The zero-order chi connectivity index (χ0) is 23.8. The molecule has 1 atom stereocenters. The predicted octanol–water partition coefficient (Wildman–Crippen LogP) is 5.60. The van der Waals surface area contributed by atoms with Crippen molar-refractivity contribution in [1.82, 2.24) is 19.9 Å². The lowest BCUT2D eigenvalue weighted by Gasteiger charge is -2.25. The topological polar surface area (TPSA) is 69.0 Å². The zero-order valence-corrected chi connectivity index (χ0v) is 19.7. The molecule has 0 spiro atoms. The van der Waals surface area contributed by atoms with E-state index in [0.717, 1.165) is 36.1 Å². The molecule has 6 nitrogen and oxygen atoms in total. The molecule has 35 heavy (non-hydrogen) atoms. The van der Waals surface area contributed by atoms with E-state index < -0.39 is 5.82 Å². The average Bonchev–Trinajstić information content (AvgIpc) is 3.35. The van der Waals surface area contributed by atoms with Crippen molar-refractivity contribution < 1.29 is 9.13 Å². The van der Waals surface area contributed by atoms with Crippen LogP contribution >= 0.6 is 11.3 Å². The summed E-state index contributed by atoms with van der Waals surface area (Å²) in [5, 5.41) is 3.85. The summed E-state index contributed by atoms with van der Waals surface area (Å²) in [6.07, 6.45) is 2.06. The third-order valence-electron chi connectivity index (χ3n) is 6.42. The Morgan fingerprint density at radius 2 is 1.91 bits per heavy atom. The van der Waals surface area contributed by atoms with Crippen LogP contribution in [0.1, 0.15) is 12.8 Å². The van der Waals surface area contributed by atoms with Gasteiger partial charge in [-0.1, -0.05) is 12.1 Å². The molecule has 176 valence electrons. The van der Waals surface area contributed by atoms with Gasteiger partial charge in [-0.25, -0.2) is 14.4 Å². The number of ether oxygens (including phenoxy) is 1. The molecule has 0 saturated carbocycles. The molecule has 3 heterocycles. The SMILES string of the molecule is O=c1c2cc(Oc3ccc4ncsc4c3)ccc2nc(-c2ccccc2F)n1C[C@H]1CCCNC1. The number of rotatable bonds is 5. The van der Waals surface area contributed by atoms with E-state index in [0.29, 0.717) is 40.3 Å². The second-order valence-electron chi connectivity index (χ2n) is 8.81. The van der Waals surface area contributed by atoms with Crippen LogP contribution in [0.5, 0.6) is 11.5 Å². The van der Waals surface area contributed by atoms with Gasteiger partial charge in [0.1, 0.15) is 23.1 Å². The Morgan fingerprint density at radius 3 is 2.74 bits per heavy atom. The smallest absolute Gasteiger partial charge is 0.261 e. The fourth-order valence-electron chi connectivity index (χ4n) is 4.65. The fraction of sp³-hybridized carbons (Fsp3) is 0.222. The van der Waals surface area contributed by atoms with E-state index in [4.69, 9.17) is 9.72 Å². The first kappa shape index (κ1) is 21.9. The molecular weight excluding hydrogens is 463 g/mol. The number of thiazole rings is 1. The van der Waals surface area contributed by atoms with E-state index in [9.17, 15) is 9.18 Å². The van der Waals surface area contributed by atoms with Crippen LogP contribution in [0.25, 0.3) is 32.5 Å². The molecule has 1 fully saturated rings. The van der Waals surface area contributed by atoms with Crippen LogP contribution < -0.4 is 15.6 Å². The molecule has 1 N–H and O–H groups in total. The Labute approximate surface area is 205 Å². The molecule has 0 amide bonds. The van der Waals surface area contributed by atoms with Gasteiger partial charge in [0.25, 0.3) is 5.56 Å². The van der Waals surface area contributed by atoms with Crippen molar-refractivity contribution in [2.24, 2.45) is 5.92 Å². The van der Waals surface area contributed by atoms with Gasteiger partial charge in [0, 0.05) is 12.6 Å². The van der Waals surface area contributed by atoms with Gasteiger partial charge >= 0.3 is 0 Å². The number of aromatic nitrogens is 3. The number of nitrogens with zero attached hydrogens (tertiary/aromatic N) is 3. The van der Waals surface area contributed by atoms with Gasteiger partial charge in [-0.15, -0.1) is 11.3 Å². The average molecular weight is 487 g/mol. The zero-order valence-electron chi connectivity index (χ0n) is 18.9. The molecule has 0 aliphatic carbocycles. The first-order valence-electron chi connectivity index (χ1n) is 11.7. The number of nitrogens with one attached hydrogen (secondary N) is 1. The van der Waals surface area contributed by atoms with E-state index in [1.807, 2.05) is 18.2 Å². The molecule has 1 aliphatic rings. The fourth-order valence-corrected chi connectivity index (χ4v) is 5.36. The lowest BCUT2D eigenvalue weighted by molar-refractivity contribution is 0.334. The first-order valence-corrected chi connectivity index (χ1v) is 12.5. The van der Waals surface area contributed by atoms with Gasteiger partial charge in [0.05, 0.1) is 32.2 Å². The van der Waals surface area contributed by atoms with Crippen molar-refractivity contribution in [2.75, 3.05) is 13.1 Å². The third-order valence-corrected chi connectivity index (χ3v) is 7.21. The monoisotopic (exact) mass is 486 g/mol. The highest BCUT2D eigenvalue weighted by Gasteiger charge is 2.21. The van der Waals surface area contributed by atoms with Gasteiger partial charge in [-0.05, 0) is 74.3 Å². The largest absolute Gasteiger partial charge is 0.457 e. The van der Waals surface area contributed by atoms with Crippen molar-refractivity contribution in [3.05, 3.63) is 82.3 Å². The minimum Gasteiger partial charge on any atom is -0.457 e. The number of halogens is 1.